The quantitative estimate of drug-likeness (QED) is 0.833. The van der Waals surface area contributed by atoms with Gasteiger partial charge in [0.05, 0.1) is 12.4 Å². The normalized spacial score (nSPS) is 16.2. The Morgan fingerprint density at radius 1 is 1.37 bits per heavy atom. The van der Waals surface area contributed by atoms with Gasteiger partial charge in [0.25, 0.3) is 0 Å². The van der Waals surface area contributed by atoms with E-state index in [-0.39, 0.29) is 31.0 Å². The van der Waals surface area contributed by atoms with Gasteiger partial charge in [0, 0.05) is 18.7 Å². The third kappa shape index (κ3) is 3.01. The third-order valence-electron chi connectivity index (χ3n) is 2.74. The largest absolute Gasteiger partial charge is 0.476 e. The van der Waals surface area contributed by atoms with Crippen molar-refractivity contribution < 1.29 is 23.1 Å². The molecule has 0 bridgehead atoms. The number of hydrogen-bond acceptors (Lipinski definition) is 4. The smallest absolute Gasteiger partial charge is 0.412 e. The molecule has 1 aliphatic rings. The van der Waals surface area contributed by atoms with Gasteiger partial charge in [0.15, 0.2) is 5.69 Å². The maximum atomic E-state index is 12.4. The molecule has 5 nitrogen and oxygen atoms in total. The lowest BCUT2D eigenvalue weighted by Crippen LogP contribution is -2.32. The summed E-state index contributed by atoms with van der Waals surface area (Å²) < 4.78 is 37.3. The van der Waals surface area contributed by atoms with Gasteiger partial charge < -0.3 is 10.0 Å². The molecule has 0 amide bonds. The summed E-state index contributed by atoms with van der Waals surface area (Å²) in [6, 6.07) is 0. The molecule has 2 heterocycles. The number of alkyl halides is 3. The highest BCUT2D eigenvalue weighted by molar-refractivity contribution is 5.85. The van der Waals surface area contributed by atoms with Crippen LogP contribution in [0.25, 0.3) is 0 Å². The Labute approximate surface area is 106 Å². The number of carboxylic acids is 1. The number of hydrogen-bond donors (Lipinski definition) is 1. The first-order valence-corrected chi connectivity index (χ1v) is 5.44. The molecule has 19 heavy (non-hydrogen) atoms. The lowest BCUT2D eigenvalue weighted by Gasteiger charge is -2.27. The summed E-state index contributed by atoms with van der Waals surface area (Å²) in [7, 11) is 0. The maximum absolute atomic E-state index is 12.4. The second kappa shape index (κ2) is 4.87. The van der Waals surface area contributed by atoms with Crippen LogP contribution in [-0.4, -0.2) is 40.3 Å². The van der Waals surface area contributed by atoms with Gasteiger partial charge >= 0.3 is 12.1 Å². The fourth-order valence-electron chi connectivity index (χ4n) is 1.75. The SMILES string of the molecule is O=C(O)c1cncc(N2CC=C(C(F)(F)F)CC2)n1. The minimum Gasteiger partial charge on any atom is -0.476 e. The van der Waals surface area contributed by atoms with E-state index >= 15 is 0 Å². The van der Waals surface area contributed by atoms with Crippen LogP contribution in [0, 0.1) is 0 Å². The predicted molar refractivity (Wildman–Crippen MR) is 60.0 cm³/mol. The van der Waals surface area contributed by atoms with E-state index in [1.165, 1.54) is 6.20 Å². The lowest BCUT2D eigenvalue weighted by molar-refractivity contribution is -0.0944. The van der Waals surface area contributed by atoms with Gasteiger partial charge in [-0.15, -0.1) is 0 Å². The molecule has 0 radical (unpaired) electrons. The van der Waals surface area contributed by atoms with Gasteiger partial charge in [-0.2, -0.15) is 13.2 Å². The van der Waals surface area contributed by atoms with E-state index in [9.17, 15) is 18.0 Å². The van der Waals surface area contributed by atoms with E-state index in [0.29, 0.717) is 0 Å². The number of halogens is 3. The van der Waals surface area contributed by atoms with Crippen molar-refractivity contribution in [2.75, 3.05) is 18.0 Å². The fourth-order valence-corrected chi connectivity index (χ4v) is 1.75. The number of carboxylic acid groups (broad SMARTS) is 1. The molecular weight excluding hydrogens is 263 g/mol. The van der Waals surface area contributed by atoms with E-state index < -0.39 is 17.7 Å². The number of nitrogens with zero attached hydrogens (tertiary/aromatic N) is 3. The Bertz CT molecular complexity index is 528. The molecule has 0 aromatic carbocycles. The van der Waals surface area contributed by atoms with Crippen LogP contribution in [0.15, 0.2) is 24.0 Å². The Kier molecular flexibility index (Phi) is 3.41. The molecule has 0 saturated heterocycles. The van der Waals surface area contributed by atoms with Gasteiger partial charge in [-0.1, -0.05) is 6.08 Å². The zero-order valence-corrected chi connectivity index (χ0v) is 9.68. The van der Waals surface area contributed by atoms with Crippen LogP contribution in [0.1, 0.15) is 16.9 Å². The lowest BCUT2D eigenvalue weighted by atomic mass is 10.1. The van der Waals surface area contributed by atoms with Crippen LogP contribution in [0.3, 0.4) is 0 Å². The highest BCUT2D eigenvalue weighted by atomic mass is 19.4. The van der Waals surface area contributed by atoms with Gasteiger partial charge in [0.2, 0.25) is 0 Å². The summed E-state index contributed by atoms with van der Waals surface area (Å²) in [5.41, 5.74) is -0.797. The number of aromatic carboxylic acids is 1. The summed E-state index contributed by atoms with van der Waals surface area (Å²) in [5, 5.41) is 8.77. The molecule has 0 atom stereocenters. The van der Waals surface area contributed by atoms with E-state index in [4.69, 9.17) is 5.11 Å². The summed E-state index contributed by atoms with van der Waals surface area (Å²) >= 11 is 0. The van der Waals surface area contributed by atoms with E-state index in [1.807, 2.05) is 0 Å². The monoisotopic (exact) mass is 273 g/mol. The maximum Gasteiger partial charge on any atom is 0.412 e. The Hall–Kier alpha value is -2.12. The summed E-state index contributed by atoms with van der Waals surface area (Å²) in [4.78, 5) is 19.8. The second-order valence-corrected chi connectivity index (χ2v) is 3.99. The van der Waals surface area contributed by atoms with E-state index in [0.717, 1.165) is 12.3 Å². The van der Waals surface area contributed by atoms with Crippen LogP contribution >= 0.6 is 0 Å². The average molecular weight is 273 g/mol. The molecule has 0 fully saturated rings. The molecule has 8 heteroatoms. The van der Waals surface area contributed by atoms with Gasteiger partial charge in [-0.25, -0.2) is 9.78 Å². The van der Waals surface area contributed by atoms with Crippen LogP contribution in [0.2, 0.25) is 0 Å². The van der Waals surface area contributed by atoms with Crippen molar-refractivity contribution in [3.8, 4) is 0 Å². The number of aromatic nitrogens is 2. The summed E-state index contributed by atoms with van der Waals surface area (Å²) in [5.74, 6) is -0.963. The van der Waals surface area contributed by atoms with Crippen LogP contribution in [-0.2, 0) is 0 Å². The van der Waals surface area contributed by atoms with Crippen molar-refractivity contribution in [2.45, 2.75) is 12.6 Å². The van der Waals surface area contributed by atoms with Crippen molar-refractivity contribution in [1.82, 2.24) is 9.97 Å². The minimum absolute atomic E-state index is 0.0343. The molecular formula is C11H10F3N3O2. The van der Waals surface area contributed by atoms with Crippen molar-refractivity contribution in [1.29, 1.82) is 0 Å². The molecule has 1 N–H and O–H groups in total. The molecule has 1 aliphatic heterocycles. The zero-order valence-electron chi connectivity index (χ0n) is 9.68. The first-order valence-electron chi connectivity index (χ1n) is 5.44. The Morgan fingerprint density at radius 3 is 2.63 bits per heavy atom. The van der Waals surface area contributed by atoms with E-state index in [1.54, 1.807) is 4.90 Å². The van der Waals surface area contributed by atoms with Crippen molar-refractivity contribution in [2.24, 2.45) is 0 Å². The minimum atomic E-state index is -4.30. The molecule has 1 aromatic rings. The molecule has 1 aromatic heterocycles. The van der Waals surface area contributed by atoms with Crippen molar-refractivity contribution >= 4 is 11.8 Å². The average Bonchev–Trinajstić information content (AvgIpc) is 2.38. The molecule has 0 spiro atoms. The predicted octanol–water partition coefficient (Wildman–Crippen LogP) is 1.87. The topological polar surface area (TPSA) is 66.3 Å². The molecule has 102 valence electrons. The number of carbonyl (C=O) groups is 1. The highest BCUT2D eigenvalue weighted by Gasteiger charge is 2.35. The van der Waals surface area contributed by atoms with Crippen molar-refractivity contribution in [3.05, 3.63) is 29.7 Å². The fraction of sp³-hybridized carbons (Fsp3) is 0.364. The molecule has 0 unspecified atom stereocenters. The standard InChI is InChI=1S/C11H10F3N3O2/c12-11(13,14)7-1-3-17(4-2-7)9-6-15-5-8(16-9)10(18)19/h1,5-6H,2-4H2,(H,18,19). The Balaban J connectivity index is 2.16. The first kappa shape index (κ1) is 13.3. The molecule has 2 rings (SSSR count). The van der Waals surface area contributed by atoms with Gasteiger partial charge in [-0.05, 0) is 6.42 Å². The van der Waals surface area contributed by atoms with Crippen LogP contribution < -0.4 is 4.90 Å². The molecule has 0 aliphatic carbocycles. The van der Waals surface area contributed by atoms with Crippen molar-refractivity contribution in [3.63, 3.8) is 0 Å². The Morgan fingerprint density at radius 2 is 2.11 bits per heavy atom. The highest BCUT2D eigenvalue weighted by Crippen LogP contribution is 2.30. The van der Waals surface area contributed by atoms with E-state index in [2.05, 4.69) is 9.97 Å². The van der Waals surface area contributed by atoms with Gasteiger partial charge in [-0.3, -0.25) is 4.98 Å². The van der Waals surface area contributed by atoms with Gasteiger partial charge in [0.1, 0.15) is 5.82 Å². The molecule has 0 saturated carbocycles. The summed E-state index contributed by atoms with van der Waals surface area (Å²) in [6.45, 7) is 0.162. The zero-order chi connectivity index (χ0) is 14.0. The number of rotatable bonds is 2. The summed E-state index contributed by atoms with van der Waals surface area (Å²) in [6.07, 6.45) is -0.951. The number of anilines is 1. The van der Waals surface area contributed by atoms with Crippen LogP contribution in [0.4, 0.5) is 19.0 Å². The van der Waals surface area contributed by atoms with Crippen LogP contribution in [0.5, 0.6) is 0 Å². The second-order valence-electron chi connectivity index (χ2n) is 3.99. The third-order valence-corrected chi connectivity index (χ3v) is 2.74. The first-order chi connectivity index (χ1) is 8.88.